The molecule has 34 heavy (non-hydrogen) atoms. The van der Waals surface area contributed by atoms with Gasteiger partial charge in [0.2, 0.25) is 0 Å². The molecule has 3 aliphatic rings. The summed E-state index contributed by atoms with van der Waals surface area (Å²) in [6, 6.07) is 0. The SMILES string of the molecule is CCOC(=O)[C@H]1CC[C@H](OC(C(=O)OC(C)(C)C)(N2CCCC2)N2CCN(CCF)CC2)CC1. The minimum absolute atomic E-state index is 0.105. The van der Waals surface area contributed by atoms with Gasteiger partial charge in [0.1, 0.15) is 12.3 Å². The number of nitrogens with zero attached hydrogens (tertiary/aromatic N) is 3. The molecule has 3 rings (SSSR count). The second-order valence-electron chi connectivity index (χ2n) is 10.7. The molecule has 1 saturated carbocycles. The van der Waals surface area contributed by atoms with E-state index in [2.05, 4.69) is 14.7 Å². The lowest BCUT2D eigenvalue weighted by atomic mass is 9.87. The zero-order chi connectivity index (χ0) is 24.8. The molecule has 1 unspecified atom stereocenters. The van der Waals surface area contributed by atoms with Gasteiger partial charge >= 0.3 is 11.9 Å². The van der Waals surface area contributed by atoms with Crippen LogP contribution >= 0.6 is 0 Å². The van der Waals surface area contributed by atoms with Crippen LogP contribution in [-0.2, 0) is 23.8 Å². The molecule has 0 N–H and O–H groups in total. The van der Waals surface area contributed by atoms with E-state index in [1.807, 2.05) is 27.7 Å². The van der Waals surface area contributed by atoms with Crippen molar-refractivity contribution < 1.29 is 28.2 Å². The molecular weight excluding hydrogens is 441 g/mol. The number of halogens is 1. The van der Waals surface area contributed by atoms with Gasteiger partial charge in [-0.2, -0.15) is 0 Å². The Kier molecular flexibility index (Phi) is 9.72. The molecule has 2 aliphatic heterocycles. The molecule has 2 heterocycles. The van der Waals surface area contributed by atoms with Gasteiger partial charge < -0.3 is 14.2 Å². The Morgan fingerprint density at radius 3 is 2.03 bits per heavy atom. The monoisotopic (exact) mass is 485 g/mol. The average Bonchev–Trinajstić information content (AvgIpc) is 3.33. The van der Waals surface area contributed by atoms with Crippen LogP contribution in [-0.4, -0.2) is 103 Å². The van der Waals surface area contributed by atoms with Crippen molar-refractivity contribution in [1.82, 2.24) is 14.7 Å². The van der Waals surface area contributed by atoms with Crippen LogP contribution in [0.5, 0.6) is 0 Å². The van der Waals surface area contributed by atoms with E-state index in [0.717, 1.165) is 25.9 Å². The molecule has 0 spiro atoms. The summed E-state index contributed by atoms with van der Waals surface area (Å²) in [6.07, 6.45) is 4.64. The maximum Gasteiger partial charge on any atom is 0.371 e. The van der Waals surface area contributed by atoms with Gasteiger partial charge in [0.05, 0.1) is 18.6 Å². The lowest BCUT2D eigenvalue weighted by molar-refractivity contribution is -0.281. The summed E-state index contributed by atoms with van der Waals surface area (Å²) in [5.41, 5.74) is -0.650. The lowest BCUT2D eigenvalue weighted by Crippen LogP contribution is -2.71. The first-order valence-electron chi connectivity index (χ1n) is 13.1. The van der Waals surface area contributed by atoms with E-state index in [-0.39, 0.29) is 30.6 Å². The van der Waals surface area contributed by atoms with E-state index in [4.69, 9.17) is 14.2 Å². The molecule has 2 saturated heterocycles. The number of esters is 2. The highest BCUT2D eigenvalue weighted by Crippen LogP contribution is 2.36. The molecule has 0 aromatic heterocycles. The zero-order valence-electron chi connectivity index (χ0n) is 21.5. The van der Waals surface area contributed by atoms with E-state index in [1.165, 1.54) is 0 Å². The van der Waals surface area contributed by atoms with E-state index >= 15 is 0 Å². The third kappa shape index (κ3) is 6.68. The van der Waals surface area contributed by atoms with E-state index in [1.54, 1.807) is 0 Å². The fraction of sp³-hybridized carbons (Fsp3) is 0.920. The van der Waals surface area contributed by atoms with Gasteiger partial charge in [-0.1, -0.05) is 0 Å². The third-order valence-electron chi connectivity index (χ3n) is 7.03. The number of carbonyl (C=O) groups excluding carboxylic acids is 2. The third-order valence-corrected chi connectivity index (χ3v) is 7.03. The van der Waals surface area contributed by atoms with Crippen LogP contribution in [0.15, 0.2) is 0 Å². The lowest BCUT2D eigenvalue weighted by Gasteiger charge is -2.51. The number of hydrogen-bond acceptors (Lipinski definition) is 8. The first-order valence-corrected chi connectivity index (χ1v) is 13.1. The normalized spacial score (nSPS) is 27.3. The molecule has 0 radical (unpaired) electrons. The average molecular weight is 486 g/mol. The van der Waals surface area contributed by atoms with Gasteiger partial charge in [0, 0.05) is 45.8 Å². The van der Waals surface area contributed by atoms with E-state index < -0.39 is 11.4 Å². The van der Waals surface area contributed by atoms with Gasteiger partial charge in [-0.3, -0.25) is 19.5 Å². The summed E-state index contributed by atoms with van der Waals surface area (Å²) in [5.74, 6) is -1.91. The predicted octanol–water partition coefficient (Wildman–Crippen LogP) is 2.80. The Bertz CT molecular complexity index is 666. The van der Waals surface area contributed by atoms with Crippen LogP contribution in [0, 0.1) is 5.92 Å². The van der Waals surface area contributed by atoms with Gasteiger partial charge in [0.15, 0.2) is 0 Å². The molecule has 1 atom stereocenters. The fourth-order valence-corrected chi connectivity index (χ4v) is 5.32. The number of rotatable bonds is 9. The Balaban J connectivity index is 1.83. The Hall–Kier alpha value is -1.29. The van der Waals surface area contributed by atoms with Crippen molar-refractivity contribution in [2.75, 3.05) is 59.1 Å². The molecule has 1 aliphatic carbocycles. The number of likely N-dealkylation sites (tertiary alicyclic amines) is 1. The number of carbonyl (C=O) groups is 2. The Morgan fingerprint density at radius 2 is 1.50 bits per heavy atom. The highest BCUT2D eigenvalue weighted by molar-refractivity contribution is 5.79. The number of ether oxygens (including phenoxy) is 3. The summed E-state index contributed by atoms with van der Waals surface area (Å²) in [6.45, 7) is 12.0. The molecule has 0 aromatic rings. The van der Waals surface area contributed by atoms with Gasteiger partial charge in [-0.05, 0) is 66.2 Å². The maximum absolute atomic E-state index is 13.9. The molecule has 3 fully saturated rings. The first kappa shape index (κ1) is 27.3. The van der Waals surface area contributed by atoms with Gasteiger partial charge in [-0.25, -0.2) is 9.18 Å². The van der Waals surface area contributed by atoms with Crippen molar-refractivity contribution in [3.8, 4) is 0 Å². The van der Waals surface area contributed by atoms with Crippen molar-refractivity contribution >= 4 is 11.9 Å². The second-order valence-corrected chi connectivity index (χ2v) is 10.7. The topological polar surface area (TPSA) is 71.5 Å². The van der Waals surface area contributed by atoms with Crippen molar-refractivity contribution in [3.05, 3.63) is 0 Å². The van der Waals surface area contributed by atoms with Gasteiger partial charge in [-0.15, -0.1) is 0 Å². The predicted molar refractivity (Wildman–Crippen MR) is 127 cm³/mol. The van der Waals surface area contributed by atoms with Crippen LogP contribution in [0.25, 0.3) is 0 Å². The highest BCUT2D eigenvalue weighted by atomic mass is 19.1. The second kappa shape index (κ2) is 12.1. The summed E-state index contributed by atoms with van der Waals surface area (Å²) >= 11 is 0. The molecule has 196 valence electrons. The fourth-order valence-electron chi connectivity index (χ4n) is 5.32. The standard InChI is InChI=1S/C25H44FN3O5/c1-5-32-22(30)20-8-10-21(11-9-20)33-25(28-13-6-7-14-28,23(31)34-24(2,3)4)29-18-16-27(15-12-26)17-19-29/h20-21H,5-19H2,1-4H3/t20-,21-,25?. The van der Waals surface area contributed by atoms with E-state index in [0.29, 0.717) is 65.0 Å². The van der Waals surface area contributed by atoms with Crippen molar-refractivity contribution in [1.29, 1.82) is 0 Å². The van der Waals surface area contributed by atoms with Crippen molar-refractivity contribution in [2.45, 2.75) is 83.8 Å². The van der Waals surface area contributed by atoms with Crippen LogP contribution < -0.4 is 0 Å². The van der Waals surface area contributed by atoms with Crippen LogP contribution in [0.3, 0.4) is 0 Å². The molecule has 8 nitrogen and oxygen atoms in total. The molecular formula is C25H44FN3O5. The Labute approximate surface area is 204 Å². The molecule has 0 amide bonds. The zero-order valence-corrected chi connectivity index (χ0v) is 21.5. The smallest absolute Gasteiger partial charge is 0.371 e. The van der Waals surface area contributed by atoms with Crippen molar-refractivity contribution in [3.63, 3.8) is 0 Å². The number of alkyl halides is 1. The number of piperazine rings is 1. The molecule has 0 aromatic carbocycles. The maximum atomic E-state index is 13.9. The highest BCUT2D eigenvalue weighted by Gasteiger charge is 2.55. The summed E-state index contributed by atoms with van der Waals surface area (Å²) in [7, 11) is 0. The van der Waals surface area contributed by atoms with Crippen LogP contribution in [0.1, 0.15) is 66.2 Å². The summed E-state index contributed by atoms with van der Waals surface area (Å²) in [4.78, 5) is 32.5. The Morgan fingerprint density at radius 1 is 0.912 bits per heavy atom. The number of hydrogen-bond donors (Lipinski definition) is 0. The van der Waals surface area contributed by atoms with Crippen molar-refractivity contribution in [2.24, 2.45) is 5.92 Å². The molecule has 9 heteroatoms. The van der Waals surface area contributed by atoms with Crippen LogP contribution in [0.2, 0.25) is 0 Å². The summed E-state index contributed by atoms with van der Waals surface area (Å²) < 4.78 is 30.9. The van der Waals surface area contributed by atoms with E-state index in [9.17, 15) is 14.0 Å². The largest absolute Gasteiger partial charge is 0.466 e. The minimum atomic E-state index is -1.30. The first-order chi connectivity index (χ1) is 16.2. The quantitative estimate of drug-likeness (QED) is 0.462. The molecule has 0 bridgehead atoms. The minimum Gasteiger partial charge on any atom is -0.466 e. The summed E-state index contributed by atoms with van der Waals surface area (Å²) in [5, 5.41) is 0. The van der Waals surface area contributed by atoms with Gasteiger partial charge in [0.25, 0.3) is 5.85 Å². The van der Waals surface area contributed by atoms with Crippen LogP contribution in [0.4, 0.5) is 4.39 Å².